The molecule has 2 rings (SSSR count). The summed E-state index contributed by atoms with van der Waals surface area (Å²) in [6, 6.07) is 12.4. The van der Waals surface area contributed by atoms with Gasteiger partial charge in [-0.3, -0.25) is 9.59 Å². The molecule has 0 amide bonds. The lowest BCUT2D eigenvalue weighted by Gasteiger charge is -2.25. The van der Waals surface area contributed by atoms with E-state index in [1.54, 1.807) is 6.07 Å². The number of carbonyl (C=O) groups excluding carboxylic acids is 1. The third-order valence-electron chi connectivity index (χ3n) is 4.50. The predicted octanol–water partition coefficient (Wildman–Crippen LogP) is 1.00. The molecule has 1 atom stereocenters. The van der Waals surface area contributed by atoms with Gasteiger partial charge >= 0.3 is 0 Å². The van der Waals surface area contributed by atoms with E-state index in [9.17, 15) is 18.0 Å². The van der Waals surface area contributed by atoms with E-state index in [4.69, 9.17) is 5.11 Å². The van der Waals surface area contributed by atoms with Crippen LogP contribution < -0.4 is 5.56 Å². The van der Waals surface area contributed by atoms with Crippen LogP contribution in [0.25, 0.3) is 0 Å². The number of ketones is 1. The van der Waals surface area contributed by atoms with E-state index in [0.29, 0.717) is 5.56 Å². The number of rotatable bonds is 6. The zero-order valence-electron chi connectivity index (χ0n) is 15.2. The molecule has 7 heteroatoms. The molecular weight excluding hydrogens is 366 g/mol. The number of hydrogen-bond acceptors (Lipinski definition) is 5. The molecule has 6 nitrogen and oxygen atoms in total. The van der Waals surface area contributed by atoms with E-state index in [2.05, 4.69) is 11.8 Å². The number of sulfone groups is 1. The van der Waals surface area contributed by atoms with Crippen LogP contribution in [-0.2, 0) is 21.2 Å². The van der Waals surface area contributed by atoms with Crippen molar-refractivity contribution < 1.29 is 18.3 Å². The zero-order valence-corrected chi connectivity index (χ0v) is 16.0. The van der Waals surface area contributed by atoms with Gasteiger partial charge in [-0.15, -0.1) is 0 Å². The second-order valence-electron chi connectivity index (χ2n) is 6.40. The van der Waals surface area contributed by atoms with Crippen LogP contribution in [0.5, 0.6) is 0 Å². The van der Waals surface area contributed by atoms with Gasteiger partial charge in [0.05, 0.1) is 0 Å². The van der Waals surface area contributed by atoms with Crippen LogP contribution in [0.15, 0.2) is 53.5 Å². The molecule has 0 aliphatic rings. The largest absolute Gasteiger partial charge is 0.389 e. The zero-order chi connectivity index (χ0) is 20.1. The Balaban J connectivity index is 2.20. The standard InChI is InChI=1S/C20H21NO5S/c1-20(18(23)15-22,27(2,25)26)11-13-21-12-10-17(14-19(21)24)9-8-16-6-4-3-5-7-16/h3-7,10,12,14,22H,11,13,15H2,1-2H3/t20-/m1/s1. The first-order chi connectivity index (χ1) is 12.7. The Bertz CT molecular complexity index is 1050. The Kier molecular flexibility index (Phi) is 6.37. The highest BCUT2D eigenvalue weighted by molar-refractivity contribution is 7.92. The predicted molar refractivity (Wildman–Crippen MR) is 103 cm³/mol. The highest BCUT2D eigenvalue weighted by Gasteiger charge is 2.42. The third kappa shape index (κ3) is 4.94. The Hall–Kier alpha value is -2.69. The van der Waals surface area contributed by atoms with Crippen molar-refractivity contribution in [2.45, 2.75) is 24.6 Å². The van der Waals surface area contributed by atoms with Crippen LogP contribution >= 0.6 is 0 Å². The molecule has 1 heterocycles. The second kappa shape index (κ2) is 8.33. The topological polar surface area (TPSA) is 93.4 Å². The van der Waals surface area contributed by atoms with Crippen LogP contribution in [0.2, 0.25) is 0 Å². The molecule has 1 aromatic heterocycles. The normalized spacial score (nSPS) is 13.3. The van der Waals surface area contributed by atoms with Gasteiger partial charge in [0.1, 0.15) is 11.4 Å². The molecule has 2 aromatic rings. The van der Waals surface area contributed by atoms with E-state index >= 15 is 0 Å². The summed E-state index contributed by atoms with van der Waals surface area (Å²) in [5.41, 5.74) is 1.02. The third-order valence-corrected chi connectivity index (χ3v) is 6.57. The number of hydrogen-bond donors (Lipinski definition) is 1. The van der Waals surface area contributed by atoms with E-state index in [-0.39, 0.29) is 18.5 Å². The summed E-state index contributed by atoms with van der Waals surface area (Å²) in [6.07, 6.45) is 2.36. The Labute approximate surface area is 158 Å². The van der Waals surface area contributed by atoms with Crippen LogP contribution in [0.4, 0.5) is 0 Å². The SMILES string of the molecule is C[C@@](CCn1ccc(C#Cc2ccccc2)cc1=O)(C(=O)CO)S(C)(=O)=O. The molecule has 1 aromatic carbocycles. The summed E-state index contributed by atoms with van der Waals surface area (Å²) >= 11 is 0. The van der Waals surface area contributed by atoms with Gasteiger partial charge < -0.3 is 9.67 Å². The van der Waals surface area contributed by atoms with Crippen LogP contribution in [0.3, 0.4) is 0 Å². The molecule has 1 N–H and O–H groups in total. The molecule has 0 aliphatic heterocycles. The maximum absolute atomic E-state index is 12.3. The number of aromatic nitrogens is 1. The van der Waals surface area contributed by atoms with Gasteiger partial charge in [0.2, 0.25) is 0 Å². The van der Waals surface area contributed by atoms with Gasteiger partial charge in [-0.05, 0) is 31.5 Å². The summed E-state index contributed by atoms with van der Waals surface area (Å²) in [4.78, 5) is 24.2. The molecule has 0 fully saturated rings. The number of carbonyl (C=O) groups is 1. The summed E-state index contributed by atoms with van der Waals surface area (Å²) in [6.45, 7) is 0.429. The lowest BCUT2D eigenvalue weighted by atomic mass is 10.0. The van der Waals surface area contributed by atoms with Crippen molar-refractivity contribution >= 4 is 15.6 Å². The van der Waals surface area contributed by atoms with Crippen molar-refractivity contribution in [3.63, 3.8) is 0 Å². The molecule has 27 heavy (non-hydrogen) atoms. The number of Topliss-reactive ketones (excluding diaryl/α,β-unsaturated/α-hetero) is 1. The van der Waals surface area contributed by atoms with Crippen molar-refractivity contribution in [1.29, 1.82) is 0 Å². The Morgan fingerprint density at radius 2 is 1.78 bits per heavy atom. The highest BCUT2D eigenvalue weighted by Crippen LogP contribution is 2.22. The minimum absolute atomic E-state index is 0.0283. The van der Waals surface area contributed by atoms with E-state index < -0.39 is 27.0 Å². The van der Waals surface area contributed by atoms with Crippen molar-refractivity contribution in [2.75, 3.05) is 12.9 Å². The monoisotopic (exact) mass is 387 g/mol. The molecule has 142 valence electrons. The minimum atomic E-state index is -3.75. The second-order valence-corrected chi connectivity index (χ2v) is 8.84. The number of benzene rings is 1. The van der Waals surface area contributed by atoms with Crippen LogP contribution in [-0.4, -0.2) is 41.5 Å². The van der Waals surface area contributed by atoms with E-state index in [1.165, 1.54) is 23.8 Å². The maximum Gasteiger partial charge on any atom is 0.251 e. The molecule has 0 bridgehead atoms. The van der Waals surface area contributed by atoms with Gasteiger partial charge in [-0.2, -0.15) is 0 Å². The Morgan fingerprint density at radius 1 is 1.15 bits per heavy atom. The summed E-state index contributed by atoms with van der Waals surface area (Å²) in [5, 5.41) is 9.08. The van der Waals surface area contributed by atoms with Gasteiger partial charge in [0, 0.05) is 36.2 Å². The number of aryl methyl sites for hydroxylation is 1. The average molecular weight is 387 g/mol. The minimum Gasteiger partial charge on any atom is -0.389 e. The first kappa shape index (κ1) is 20.6. The van der Waals surface area contributed by atoms with Gasteiger partial charge in [0.25, 0.3) is 5.56 Å². The average Bonchev–Trinajstić information content (AvgIpc) is 2.64. The van der Waals surface area contributed by atoms with Crippen molar-refractivity contribution in [2.24, 2.45) is 0 Å². The lowest BCUT2D eigenvalue weighted by molar-refractivity contribution is -0.124. The molecule has 0 saturated carbocycles. The number of aliphatic hydroxyl groups is 1. The molecular formula is C20H21NO5S. The van der Waals surface area contributed by atoms with Gasteiger partial charge in [-0.25, -0.2) is 8.42 Å². The fraction of sp³-hybridized carbons (Fsp3) is 0.300. The molecule has 0 saturated heterocycles. The quantitative estimate of drug-likeness (QED) is 0.747. The van der Waals surface area contributed by atoms with Crippen molar-refractivity contribution in [3.05, 3.63) is 70.1 Å². The number of nitrogens with zero attached hydrogens (tertiary/aromatic N) is 1. The maximum atomic E-state index is 12.3. The molecule has 0 aliphatic carbocycles. The van der Waals surface area contributed by atoms with Gasteiger partial charge in [-0.1, -0.05) is 30.0 Å². The summed E-state index contributed by atoms with van der Waals surface area (Å²) in [5.74, 6) is 5.07. The molecule has 0 spiro atoms. The van der Waals surface area contributed by atoms with Crippen molar-refractivity contribution in [1.82, 2.24) is 4.57 Å². The van der Waals surface area contributed by atoms with Crippen LogP contribution in [0.1, 0.15) is 24.5 Å². The molecule has 0 unspecified atom stereocenters. The summed E-state index contributed by atoms with van der Waals surface area (Å²) < 4.78 is 23.6. The fourth-order valence-corrected chi connectivity index (χ4v) is 3.41. The lowest BCUT2D eigenvalue weighted by Crippen LogP contribution is -2.46. The first-order valence-electron chi connectivity index (χ1n) is 8.29. The number of aliphatic hydroxyl groups excluding tert-OH is 1. The Morgan fingerprint density at radius 3 is 2.33 bits per heavy atom. The summed E-state index contributed by atoms with van der Waals surface area (Å²) in [7, 11) is -3.75. The smallest absolute Gasteiger partial charge is 0.251 e. The number of pyridine rings is 1. The van der Waals surface area contributed by atoms with E-state index in [1.807, 2.05) is 30.3 Å². The highest BCUT2D eigenvalue weighted by atomic mass is 32.2. The van der Waals surface area contributed by atoms with Crippen molar-refractivity contribution in [3.8, 4) is 11.8 Å². The fourth-order valence-electron chi connectivity index (χ4n) is 2.47. The van der Waals surface area contributed by atoms with Crippen LogP contribution in [0, 0.1) is 11.8 Å². The van der Waals surface area contributed by atoms with Gasteiger partial charge in [0.15, 0.2) is 15.6 Å². The first-order valence-corrected chi connectivity index (χ1v) is 10.2. The van der Waals surface area contributed by atoms with E-state index in [0.717, 1.165) is 11.8 Å². The molecule has 0 radical (unpaired) electrons.